The molecule has 2 aromatic carbocycles. The summed E-state index contributed by atoms with van der Waals surface area (Å²) in [7, 11) is 0. The fourth-order valence-electron chi connectivity index (χ4n) is 2.11. The van der Waals surface area contributed by atoms with Gasteiger partial charge in [-0.25, -0.2) is 0 Å². The van der Waals surface area contributed by atoms with Crippen molar-refractivity contribution >= 4 is 45.2 Å². The number of carbonyl (C=O) groups excluding carboxylic acids is 1. The Morgan fingerprint density at radius 1 is 1.04 bits per heavy atom. The summed E-state index contributed by atoms with van der Waals surface area (Å²) >= 11 is 9.27. The van der Waals surface area contributed by atoms with Crippen molar-refractivity contribution in [3.05, 3.63) is 82.0 Å². The number of hydrogen-bond acceptors (Lipinski definition) is 2. The molecule has 0 aliphatic heterocycles. The Bertz CT molecular complexity index is 884. The summed E-state index contributed by atoms with van der Waals surface area (Å²) < 4.78 is 6.54. The van der Waals surface area contributed by atoms with Gasteiger partial charge in [-0.15, -0.1) is 0 Å². The minimum absolute atomic E-state index is 0.230. The molecule has 120 valence electrons. The first kappa shape index (κ1) is 16.6. The molecular formula is C19H13BrClNO2. The van der Waals surface area contributed by atoms with Crippen LogP contribution in [0.4, 0.5) is 5.69 Å². The quantitative estimate of drug-likeness (QED) is 0.543. The van der Waals surface area contributed by atoms with E-state index in [-0.39, 0.29) is 5.91 Å². The molecule has 1 amide bonds. The molecule has 0 spiro atoms. The summed E-state index contributed by atoms with van der Waals surface area (Å²) in [5.41, 5.74) is 1.64. The lowest BCUT2D eigenvalue weighted by atomic mass is 10.2. The number of rotatable bonds is 4. The summed E-state index contributed by atoms with van der Waals surface area (Å²) in [5.74, 6) is 1.09. The molecule has 1 N–H and O–H groups in total. The van der Waals surface area contributed by atoms with Crippen LogP contribution in [0.25, 0.3) is 17.4 Å². The van der Waals surface area contributed by atoms with E-state index in [1.54, 1.807) is 18.2 Å². The van der Waals surface area contributed by atoms with Crippen molar-refractivity contribution in [3.63, 3.8) is 0 Å². The maximum Gasteiger partial charge on any atom is 0.248 e. The van der Waals surface area contributed by atoms with Crippen LogP contribution in [0.2, 0.25) is 5.02 Å². The van der Waals surface area contributed by atoms with Gasteiger partial charge in [-0.1, -0.05) is 23.7 Å². The Hall–Kier alpha value is -2.30. The second-order valence-corrected chi connectivity index (χ2v) is 6.30. The van der Waals surface area contributed by atoms with Gasteiger partial charge >= 0.3 is 0 Å². The molecule has 0 saturated carbocycles. The third-order valence-corrected chi connectivity index (χ3v) is 4.23. The molecule has 0 bridgehead atoms. The van der Waals surface area contributed by atoms with E-state index in [1.165, 1.54) is 6.08 Å². The average molecular weight is 403 g/mol. The Balaban J connectivity index is 1.68. The van der Waals surface area contributed by atoms with Crippen molar-refractivity contribution in [1.82, 2.24) is 0 Å². The number of furan rings is 1. The number of halogens is 2. The zero-order valence-corrected chi connectivity index (χ0v) is 14.8. The minimum Gasteiger partial charge on any atom is -0.457 e. The highest BCUT2D eigenvalue weighted by molar-refractivity contribution is 9.10. The van der Waals surface area contributed by atoms with Gasteiger partial charge in [-0.05, 0) is 70.5 Å². The number of amides is 1. The molecular weight excluding hydrogens is 390 g/mol. The third kappa shape index (κ3) is 4.16. The molecule has 0 unspecified atom stereocenters. The van der Waals surface area contributed by atoms with Crippen molar-refractivity contribution in [1.29, 1.82) is 0 Å². The smallest absolute Gasteiger partial charge is 0.248 e. The minimum atomic E-state index is -0.230. The summed E-state index contributed by atoms with van der Waals surface area (Å²) in [6.07, 6.45) is 3.06. The molecule has 1 heterocycles. The van der Waals surface area contributed by atoms with Crippen molar-refractivity contribution in [3.8, 4) is 11.3 Å². The van der Waals surface area contributed by atoms with Crippen LogP contribution >= 0.6 is 27.5 Å². The highest BCUT2D eigenvalue weighted by Gasteiger charge is 2.04. The number of anilines is 1. The zero-order chi connectivity index (χ0) is 16.9. The summed E-state index contributed by atoms with van der Waals surface area (Å²) in [6, 6.07) is 18.5. The predicted octanol–water partition coefficient (Wildman–Crippen LogP) is 6.01. The molecule has 5 heteroatoms. The molecule has 3 nitrogen and oxygen atoms in total. The Morgan fingerprint density at radius 3 is 2.54 bits per heavy atom. The van der Waals surface area contributed by atoms with Gasteiger partial charge in [0.2, 0.25) is 5.91 Å². The molecule has 0 fully saturated rings. The monoisotopic (exact) mass is 401 g/mol. The Kier molecular flexibility index (Phi) is 5.18. The zero-order valence-electron chi connectivity index (χ0n) is 12.5. The second kappa shape index (κ2) is 7.51. The molecule has 0 radical (unpaired) electrons. The molecule has 24 heavy (non-hydrogen) atoms. The normalized spacial score (nSPS) is 10.9. The van der Waals surface area contributed by atoms with Crippen LogP contribution in [-0.2, 0) is 4.79 Å². The van der Waals surface area contributed by atoms with Crippen LogP contribution in [0, 0.1) is 0 Å². The molecule has 3 aromatic rings. The summed E-state index contributed by atoms with van der Waals surface area (Å²) in [5, 5.41) is 3.47. The van der Waals surface area contributed by atoms with Gasteiger partial charge in [-0.2, -0.15) is 0 Å². The average Bonchev–Trinajstić information content (AvgIpc) is 3.05. The number of benzene rings is 2. The van der Waals surface area contributed by atoms with Crippen molar-refractivity contribution < 1.29 is 9.21 Å². The number of hydrogen-bond donors (Lipinski definition) is 1. The van der Waals surface area contributed by atoms with E-state index in [1.807, 2.05) is 48.5 Å². The molecule has 1 aromatic heterocycles. The molecule has 0 aliphatic carbocycles. The van der Waals surface area contributed by atoms with E-state index < -0.39 is 0 Å². The lowest BCUT2D eigenvalue weighted by molar-refractivity contribution is -0.111. The van der Waals surface area contributed by atoms with E-state index in [4.69, 9.17) is 16.0 Å². The Labute approximate surface area is 153 Å². The number of carbonyl (C=O) groups is 1. The van der Waals surface area contributed by atoms with E-state index in [2.05, 4.69) is 21.2 Å². The molecule has 0 atom stereocenters. The van der Waals surface area contributed by atoms with Crippen molar-refractivity contribution in [2.75, 3.05) is 5.32 Å². The van der Waals surface area contributed by atoms with Gasteiger partial charge in [0.25, 0.3) is 0 Å². The van der Waals surface area contributed by atoms with E-state index in [9.17, 15) is 4.79 Å². The maximum absolute atomic E-state index is 12.0. The third-order valence-electron chi connectivity index (χ3n) is 3.29. The maximum atomic E-state index is 12.0. The first-order valence-corrected chi connectivity index (χ1v) is 8.38. The molecule has 0 aliphatic rings. The van der Waals surface area contributed by atoms with Crippen LogP contribution < -0.4 is 5.32 Å². The fourth-order valence-corrected chi connectivity index (χ4v) is 2.62. The Morgan fingerprint density at radius 2 is 1.79 bits per heavy atom. The SMILES string of the molecule is O=C(C=Cc1ccc(-c2ccc(Cl)cc2)o1)Nc1ccccc1Br. The van der Waals surface area contributed by atoms with Gasteiger partial charge in [0.1, 0.15) is 11.5 Å². The van der Waals surface area contributed by atoms with E-state index in [0.717, 1.165) is 15.8 Å². The number of para-hydroxylation sites is 1. The first-order valence-electron chi connectivity index (χ1n) is 7.21. The molecule has 0 saturated heterocycles. The predicted molar refractivity (Wildman–Crippen MR) is 101 cm³/mol. The summed E-state index contributed by atoms with van der Waals surface area (Å²) in [6.45, 7) is 0. The lowest BCUT2D eigenvalue weighted by Gasteiger charge is -2.03. The fraction of sp³-hybridized carbons (Fsp3) is 0. The van der Waals surface area contributed by atoms with Gasteiger partial charge in [-0.3, -0.25) is 4.79 Å². The topological polar surface area (TPSA) is 42.2 Å². The first-order chi connectivity index (χ1) is 11.6. The highest BCUT2D eigenvalue weighted by Crippen LogP contribution is 2.24. The van der Waals surface area contributed by atoms with Gasteiger partial charge in [0.05, 0.1) is 5.69 Å². The van der Waals surface area contributed by atoms with Crippen molar-refractivity contribution in [2.45, 2.75) is 0 Å². The summed E-state index contributed by atoms with van der Waals surface area (Å²) in [4.78, 5) is 12.0. The lowest BCUT2D eigenvalue weighted by Crippen LogP contribution is -2.07. The van der Waals surface area contributed by atoms with Crippen LogP contribution in [0.3, 0.4) is 0 Å². The van der Waals surface area contributed by atoms with Gasteiger partial charge < -0.3 is 9.73 Å². The largest absolute Gasteiger partial charge is 0.457 e. The van der Waals surface area contributed by atoms with Crippen LogP contribution in [0.15, 0.2) is 75.6 Å². The standard InChI is InChI=1S/C19H13BrClNO2/c20-16-3-1-2-4-17(16)22-19(23)12-10-15-9-11-18(24-15)13-5-7-14(21)8-6-13/h1-12H,(H,22,23). The van der Waals surface area contributed by atoms with Crippen LogP contribution in [-0.4, -0.2) is 5.91 Å². The van der Waals surface area contributed by atoms with E-state index >= 15 is 0 Å². The highest BCUT2D eigenvalue weighted by atomic mass is 79.9. The van der Waals surface area contributed by atoms with Crippen LogP contribution in [0.1, 0.15) is 5.76 Å². The molecule has 3 rings (SSSR count). The second-order valence-electron chi connectivity index (χ2n) is 5.01. The van der Waals surface area contributed by atoms with Crippen molar-refractivity contribution in [2.24, 2.45) is 0 Å². The van der Waals surface area contributed by atoms with E-state index in [0.29, 0.717) is 16.5 Å². The van der Waals surface area contributed by atoms with Crippen LogP contribution in [0.5, 0.6) is 0 Å². The van der Waals surface area contributed by atoms with Gasteiger partial charge in [0.15, 0.2) is 0 Å². The number of nitrogens with one attached hydrogen (secondary N) is 1. The van der Waals surface area contributed by atoms with Gasteiger partial charge in [0, 0.05) is 21.1 Å².